The first-order valence-electron chi connectivity index (χ1n) is 6.45. The van der Waals surface area contributed by atoms with Crippen LogP contribution < -0.4 is 10.5 Å². The van der Waals surface area contributed by atoms with E-state index in [0.29, 0.717) is 18.3 Å². The molecule has 0 amide bonds. The monoisotopic (exact) mass is 277 g/mol. The van der Waals surface area contributed by atoms with Crippen molar-refractivity contribution in [1.29, 1.82) is 0 Å². The average molecular weight is 277 g/mol. The van der Waals surface area contributed by atoms with Crippen molar-refractivity contribution in [1.82, 2.24) is 10.1 Å². The zero-order valence-corrected chi connectivity index (χ0v) is 11.9. The van der Waals surface area contributed by atoms with Crippen molar-refractivity contribution in [2.24, 2.45) is 5.73 Å². The van der Waals surface area contributed by atoms with E-state index < -0.39 is 6.04 Å². The third kappa shape index (κ3) is 3.55. The molecule has 6 nitrogen and oxygen atoms in total. The second kappa shape index (κ2) is 6.49. The van der Waals surface area contributed by atoms with E-state index in [4.69, 9.17) is 19.7 Å². The predicted molar refractivity (Wildman–Crippen MR) is 74.3 cm³/mol. The van der Waals surface area contributed by atoms with E-state index in [2.05, 4.69) is 10.1 Å². The molecule has 6 heteroatoms. The fourth-order valence-electron chi connectivity index (χ4n) is 1.63. The number of nitrogens with zero attached hydrogens (tertiary/aromatic N) is 2. The summed E-state index contributed by atoms with van der Waals surface area (Å²) < 4.78 is 15.8. The topological polar surface area (TPSA) is 83.4 Å². The molecule has 1 aromatic carbocycles. The molecule has 0 spiro atoms. The second-order valence-electron chi connectivity index (χ2n) is 4.68. The first-order valence-corrected chi connectivity index (χ1v) is 6.45. The quantitative estimate of drug-likeness (QED) is 0.871. The molecule has 1 atom stereocenters. The molecular weight excluding hydrogens is 258 g/mol. The molecule has 0 aliphatic heterocycles. The Labute approximate surface area is 117 Å². The van der Waals surface area contributed by atoms with Crippen LogP contribution in [-0.4, -0.2) is 30.0 Å². The van der Waals surface area contributed by atoms with Gasteiger partial charge in [0, 0.05) is 5.56 Å². The van der Waals surface area contributed by atoms with Crippen LogP contribution >= 0.6 is 0 Å². The van der Waals surface area contributed by atoms with Crippen LogP contribution in [0, 0.1) is 0 Å². The number of aromatic nitrogens is 2. The maximum absolute atomic E-state index is 5.96. The number of methoxy groups -OCH3 is 1. The van der Waals surface area contributed by atoms with E-state index in [9.17, 15) is 0 Å². The molecule has 108 valence electrons. The van der Waals surface area contributed by atoms with Crippen molar-refractivity contribution in [3.05, 3.63) is 30.1 Å². The molecule has 0 saturated heterocycles. The molecule has 0 bridgehead atoms. The molecule has 2 aromatic rings. The lowest BCUT2D eigenvalue weighted by molar-refractivity contribution is 0.0665. The Bertz CT molecular complexity index is 554. The van der Waals surface area contributed by atoms with E-state index in [-0.39, 0.29) is 6.10 Å². The lowest BCUT2D eigenvalue weighted by Crippen LogP contribution is -2.20. The third-order valence-electron chi connectivity index (χ3n) is 2.70. The van der Waals surface area contributed by atoms with Crippen LogP contribution in [0.4, 0.5) is 0 Å². The van der Waals surface area contributed by atoms with Gasteiger partial charge in [0.2, 0.25) is 0 Å². The Morgan fingerprint density at radius 3 is 2.85 bits per heavy atom. The SMILES string of the molecule is COc1cccc(-c2nc(C(N)COC(C)C)no2)c1. The maximum Gasteiger partial charge on any atom is 0.258 e. The van der Waals surface area contributed by atoms with Gasteiger partial charge in [-0.1, -0.05) is 11.2 Å². The summed E-state index contributed by atoms with van der Waals surface area (Å²) in [4.78, 5) is 4.30. The largest absolute Gasteiger partial charge is 0.497 e. The van der Waals surface area contributed by atoms with Crippen LogP contribution in [-0.2, 0) is 4.74 Å². The lowest BCUT2D eigenvalue weighted by atomic mass is 10.2. The van der Waals surface area contributed by atoms with E-state index >= 15 is 0 Å². The van der Waals surface area contributed by atoms with Crippen LogP contribution in [0.3, 0.4) is 0 Å². The number of rotatable bonds is 6. The molecule has 0 fully saturated rings. The van der Waals surface area contributed by atoms with Crippen molar-refractivity contribution >= 4 is 0 Å². The normalized spacial score (nSPS) is 12.7. The Kier molecular flexibility index (Phi) is 4.70. The smallest absolute Gasteiger partial charge is 0.258 e. The molecule has 1 heterocycles. The maximum atomic E-state index is 5.96. The summed E-state index contributed by atoms with van der Waals surface area (Å²) in [6.07, 6.45) is 0.116. The predicted octanol–water partition coefficient (Wildman–Crippen LogP) is 2.17. The van der Waals surface area contributed by atoms with Crippen molar-refractivity contribution in [2.45, 2.75) is 26.0 Å². The highest BCUT2D eigenvalue weighted by Crippen LogP contribution is 2.23. The number of nitrogens with two attached hydrogens (primary N) is 1. The van der Waals surface area contributed by atoms with Gasteiger partial charge in [-0.05, 0) is 32.0 Å². The molecule has 0 saturated carbocycles. The molecule has 0 aliphatic carbocycles. The van der Waals surface area contributed by atoms with E-state index in [1.807, 2.05) is 38.1 Å². The molecule has 20 heavy (non-hydrogen) atoms. The number of hydrogen-bond donors (Lipinski definition) is 1. The van der Waals surface area contributed by atoms with Gasteiger partial charge in [0.1, 0.15) is 5.75 Å². The van der Waals surface area contributed by atoms with Crippen LogP contribution in [0.5, 0.6) is 5.75 Å². The van der Waals surface area contributed by atoms with Gasteiger partial charge in [0.05, 0.1) is 25.9 Å². The lowest BCUT2D eigenvalue weighted by Gasteiger charge is -2.10. The molecule has 0 aliphatic rings. The van der Waals surface area contributed by atoms with Crippen molar-refractivity contribution < 1.29 is 14.0 Å². The average Bonchev–Trinajstić information content (AvgIpc) is 2.94. The van der Waals surface area contributed by atoms with Crippen molar-refractivity contribution in [2.75, 3.05) is 13.7 Å². The number of hydrogen-bond acceptors (Lipinski definition) is 6. The number of ether oxygens (including phenoxy) is 2. The van der Waals surface area contributed by atoms with Crippen LogP contribution in [0.2, 0.25) is 0 Å². The summed E-state index contributed by atoms with van der Waals surface area (Å²) in [5.41, 5.74) is 6.75. The molecule has 1 aromatic heterocycles. The highest BCUT2D eigenvalue weighted by atomic mass is 16.5. The van der Waals surface area contributed by atoms with Gasteiger partial charge < -0.3 is 19.7 Å². The van der Waals surface area contributed by atoms with Gasteiger partial charge in [-0.15, -0.1) is 0 Å². The van der Waals surface area contributed by atoms with Gasteiger partial charge >= 0.3 is 0 Å². The first-order chi connectivity index (χ1) is 9.60. The molecule has 0 radical (unpaired) electrons. The third-order valence-corrected chi connectivity index (χ3v) is 2.70. The fraction of sp³-hybridized carbons (Fsp3) is 0.429. The zero-order valence-electron chi connectivity index (χ0n) is 11.9. The Morgan fingerprint density at radius 2 is 2.15 bits per heavy atom. The molecular formula is C14H19N3O3. The summed E-state index contributed by atoms with van der Waals surface area (Å²) in [7, 11) is 1.61. The summed E-state index contributed by atoms with van der Waals surface area (Å²) in [6, 6.07) is 7.01. The van der Waals surface area contributed by atoms with Gasteiger partial charge in [0.15, 0.2) is 5.82 Å². The standard InChI is InChI=1S/C14H19N3O3/c1-9(2)19-8-12(15)13-16-14(20-17-13)10-5-4-6-11(7-10)18-3/h4-7,9,12H,8,15H2,1-3H3. The summed E-state index contributed by atoms with van der Waals surface area (Å²) in [5.74, 6) is 1.58. The minimum absolute atomic E-state index is 0.116. The second-order valence-corrected chi connectivity index (χ2v) is 4.68. The van der Waals surface area contributed by atoms with Crippen LogP contribution in [0.1, 0.15) is 25.7 Å². The highest BCUT2D eigenvalue weighted by Gasteiger charge is 2.16. The summed E-state index contributed by atoms with van der Waals surface area (Å²) in [5, 5.41) is 3.89. The Balaban J connectivity index is 2.11. The molecule has 2 rings (SSSR count). The van der Waals surface area contributed by atoms with E-state index in [1.165, 1.54) is 0 Å². The zero-order chi connectivity index (χ0) is 14.5. The molecule has 1 unspecified atom stereocenters. The Hall–Kier alpha value is -1.92. The van der Waals surface area contributed by atoms with Gasteiger partial charge in [-0.2, -0.15) is 4.98 Å². The Morgan fingerprint density at radius 1 is 1.35 bits per heavy atom. The van der Waals surface area contributed by atoms with Gasteiger partial charge in [-0.25, -0.2) is 0 Å². The summed E-state index contributed by atoms with van der Waals surface area (Å²) >= 11 is 0. The van der Waals surface area contributed by atoms with Crippen molar-refractivity contribution in [3.63, 3.8) is 0 Å². The van der Waals surface area contributed by atoms with Crippen LogP contribution in [0.25, 0.3) is 11.5 Å². The van der Waals surface area contributed by atoms with Crippen molar-refractivity contribution in [3.8, 4) is 17.2 Å². The summed E-state index contributed by atoms with van der Waals surface area (Å²) in [6.45, 7) is 4.25. The van der Waals surface area contributed by atoms with Gasteiger partial charge in [0.25, 0.3) is 5.89 Å². The van der Waals surface area contributed by atoms with E-state index in [1.54, 1.807) is 7.11 Å². The van der Waals surface area contributed by atoms with E-state index in [0.717, 1.165) is 11.3 Å². The minimum atomic E-state index is -0.402. The van der Waals surface area contributed by atoms with Crippen LogP contribution in [0.15, 0.2) is 28.8 Å². The highest BCUT2D eigenvalue weighted by molar-refractivity contribution is 5.55. The molecule has 2 N–H and O–H groups in total. The fourth-order valence-corrected chi connectivity index (χ4v) is 1.63. The first kappa shape index (κ1) is 14.5. The minimum Gasteiger partial charge on any atom is -0.497 e. The number of benzene rings is 1. The van der Waals surface area contributed by atoms with Gasteiger partial charge in [-0.3, -0.25) is 0 Å².